The summed E-state index contributed by atoms with van der Waals surface area (Å²) in [7, 11) is 1.35. The highest BCUT2D eigenvalue weighted by atomic mass is 19.1. The summed E-state index contributed by atoms with van der Waals surface area (Å²) >= 11 is 0. The van der Waals surface area contributed by atoms with Crippen LogP contribution in [0.25, 0.3) is 22.3 Å². The zero-order chi connectivity index (χ0) is 47.3. The van der Waals surface area contributed by atoms with Crippen molar-refractivity contribution in [2.45, 2.75) is 65.0 Å². The molecule has 67 heavy (non-hydrogen) atoms. The lowest BCUT2D eigenvalue weighted by molar-refractivity contribution is -0.149. The van der Waals surface area contributed by atoms with Crippen molar-refractivity contribution in [1.29, 1.82) is 0 Å². The minimum absolute atomic E-state index is 0.0113. The molecule has 1 atom stereocenters. The summed E-state index contributed by atoms with van der Waals surface area (Å²) in [6.45, 7) is 9.58. The number of imidazole rings is 1. The fourth-order valence-corrected chi connectivity index (χ4v) is 9.54. The van der Waals surface area contributed by atoms with Gasteiger partial charge >= 0.3 is 0 Å². The summed E-state index contributed by atoms with van der Waals surface area (Å²) in [5.41, 5.74) is 2.81. The van der Waals surface area contributed by atoms with Crippen LogP contribution in [-0.2, 0) is 19.2 Å². The number of halogens is 2. The molecule has 4 aliphatic heterocycles. The van der Waals surface area contributed by atoms with E-state index in [0.29, 0.717) is 81.6 Å². The zero-order valence-electron chi connectivity index (χ0n) is 37.7. The van der Waals surface area contributed by atoms with Crippen molar-refractivity contribution in [3.63, 3.8) is 0 Å². The minimum atomic E-state index is -1.04. The fourth-order valence-electron chi connectivity index (χ4n) is 9.54. The molecule has 0 bridgehead atoms. The Balaban J connectivity index is 0.726. The number of hydrogen-bond donors (Lipinski definition) is 1. The average molecular weight is 917 g/mol. The van der Waals surface area contributed by atoms with Crippen LogP contribution < -0.4 is 15.1 Å². The van der Waals surface area contributed by atoms with Crippen LogP contribution in [0, 0.1) is 18.6 Å². The maximum absolute atomic E-state index is 15.2. The first-order chi connectivity index (χ1) is 32.2. The molecule has 0 radical (unpaired) electrons. The third-order valence-electron chi connectivity index (χ3n) is 13.1. The lowest BCUT2D eigenvalue weighted by atomic mass is 10.0. The predicted molar refractivity (Wildman–Crippen MR) is 242 cm³/mol. The van der Waals surface area contributed by atoms with E-state index in [9.17, 15) is 28.8 Å². The van der Waals surface area contributed by atoms with Gasteiger partial charge in [-0.1, -0.05) is 6.07 Å². The highest BCUT2D eigenvalue weighted by molar-refractivity contribution is 6.25. The average Bonchev–Trinajstić information content (AvgIpc) is 3.81. The summed E-state index contributed by atoms with van der Waals surface area (Å²) < 4.78 is 32.1. The van der Waals surface area contributed by atoms with E-state index < -0.39 is 35.4 Å². The number of rotatable bonds is 11. The van der Waals surface area contributed by atoms with Gasteiger partial charge in [-0.05, 0) is 70.0 Å². The number of nitrogens with one attached hydrogen (secondary N) is 1. The van der Waals surface area contributed by atoms with Crippen molar-refractivity contribution in [3.05, 3.63) is 83.4 Å². The van der Waals surface area contributed by atoms with E-state index in [1.54, 1.807) is 53.3 Å². The number of hydrogen-bond acceptors (Lipinski definition) is 13. The molecule has 0 spiro atoms. The number of fused-ring (bicyclic) bond motifs is 2. The number of imide groups is 2. The number of pyridine rings is 1. The smallest absolute Gasteiger partial charge is 0.264 e. The first-order valence-electron chi connectivity index (χ1n) is 22.5. The summed E-state index contributed by atoms with van der Waals surface area (Å²) in [6, 6.07) is 10.5. The van der Waals surface area contributed by atoms with Crippen LogP contribution in [0.5, 0.6) is 0 Å². The van der Waals surface area contributed by atoms with E-state index >= 15 is 8.78 Å². The summed E-state index contributed by atoms with van der Waals surface area (Å²) in [5.74, 6) is -2.24. The molecule has 3 saturated heterocycles. The number of nitrogens with zero attached hydrogens (tertiary/aromatic N) is 11. The normalized spacial score (nSPS) is 17.9. The second-order valence-electron chi connectivity index (χ2n) is 17.5. The van der Waals surface area contributed by atoms with Crippen molar-refractivity contribution < 1.29 is 37.5 Å². The Hall–Kier alpha value is -7.38. The molecule has 7 heterocycles. The van der Waals surface area contributed by atoms with Gasteiger partial charge in [0.05, 0.1) is 40.4 Å². The van der Waals surface area contributed by atoms with E-state index in [4.69, 9.17) is 0 Å². The number of piperidine rings is 1. The second kappa shape index (κ2) is 18.1. The SMILES string of the molecule is Cc1nc2c(F)cc(-c3nc(Nc4ccc(N5CCN(C(=O)CCCC(=O)N6CCN(c7cccc8c7C(=O)N(C7CCC(=O)N(C)C7=O)C8=O)CC6)CC5)cn4)ncc3F)cc2n1C(C)C. The molecule has 3 aromatic heterocycles. The van der Waals surface area contributed by atoms with Crippen LogP contribution >= 0.6 is 0 Å². The van der Waals surface area contributed by atoms with Crippen molar-refractivity contribution in [2.24, 2.45) is 0 Å². The van der Waals surface area contributed by atoms with Gasteiger partial charge in [-0.25, -0.2) is 28.7 Å². The number of carbonyl (C=O) groups excluding carboxylic acids is 6. The van der Waals surface area contributed by atoms with Gasteiger partial charge in [0.25, 0.3) is 17.7 Å². The van der Waals surface area contributed by atoms with Crippen LogP contribution in [0.1, 0.15) is 78.5 Å². The van der Waals surface area contributed by atoms with Gasteiger partial charge in [0.15, 0.2) is 11.6 Å². The maximum Gasteiger partial charge on any atom is 0.264 e. The molecule has 0 aliphatic carbocycles. The number of piperazine rings is 2. The number of benzene rings is 2. The first kappa shape index (κ1) is 44.8. The summed E-state index contributed by atoms with van der Waals surface area (Å²) in [5, 5.41) is 3.01. The maximum atomic E-state index is 15.2. The Bertz CT molecular complexity index is 2820. The molecule has 18 nitrogen and oxygen atoms in total. The Morgan fingerprint density at radius 2 is 1.49 bits per heavy atom. The number of anilines is 4. The summed E-state index contributed by atoms with van der Waals surface area (Å²) in [6.07, 6.45) is 3.73. The molecular weight excluding hydrogens is 867 g/mol. The highest BCUT2D eigenvalue weighted by Gasteiger charge is 2.47. The number of carbonyl (C=O) groups is 6. The van der Waals surface area contributed by atoms with Crippen molar-refractivity contribution in [3.8, 4) is 11.3 Å². The van der Waals surface area contributed by atoms with Gasteiger partial charge in [-0.15, -0.1) is 0 Å². The zero-order valence-corrected chi connectivity index (χ0v) is 37.7. The van der Waals surface area contributed by atoms with Crippen LogP contribution in [0.2, 0.25) is 0 Å². The van der Waals surface area contributed by atoms with E-state index in [0.717, 1.165) is 21.7 Å². The van der Waals surface area contributed by atoms with Gasteiger partial charge in [-0.3, -0.25) is 38.6 Å². The third-order valence-corrected chi connectivity index (χ3v) is 13.1. The lowest BCUT2D eigenvalue weighted by Gasteiger charge is -2.37. The van der Waals surface area contributed by atoms with Gasteiger partial charge in [0, 0.05) is 90.3 Å². The molecule has 4 aliphatic rings. The number of aryl methyl sites for hydroxylation is 1. The monoisotopic (exact) mass is 916 g/mol. The van der Waals surface area contributed by atoms with Gasteiger partial charge < -0.3 is 29.5 Å². The molecule has 20 heteroatoms. The Kier molecular flexibility index (Phi) is 12.1. The molecule has 348 valence electrons. The Morgan fingerprint density at radius 1 is 0.806 bits per heavy atom. The number of amides is 6. The molecule has 3 fully saturated rings. The van der Waals surface area contributed by atoms with Crippen molar-refractivity contribution in [1.82, 2.24) is 44.1 Å². The van der Waals surface area contributed by atoms with E-state index in [1.165, 1.54) is 13.1 Å². The van der Waals surface area contributed by atoms with Gasteiger partial charge in [-0.2, -0.15) is 0 Å². The van der Waals surface area contributed by atoms with Crippen molar-refractivity contribution >= 4 is 69.6 Å². The Morgan fingerprint density at radius 3 is 2.15 bits per heavy atom. The quantitative estimate of drug-likeness (QED) is 0.180. The van der Waals surface area contributed by atoms with Crippen molar-refractivity contribution in [2.75, 3.05) is 74.5 Å². The molecule has 5 aromatic rings. The van der Waals surface area contributed by atoms with Crippen LogP contribution in [-0.4, -0.2) is 145 Å². The fraction of sp³-hybridized carbons (Fsp3) is 0.404. The number of aromatic nitrogens is 5. The number of likely N-dealkylation sites (tertiary alicyclic amines) is 1. The van der Waals surface area contributed by atoms with E-state index in [1.807, 2.05) is 29.4 Å². The van der Waals surface area contributed by atoms with Gasteiger partial charge in [0.1, 0.15) is 28.9 Å². The summed E-state index contributed by atoms with van der Waals surface area (Å²) in [4.78, 5) is 105. The van der Waals surface area contributed by atoms with E-state index in [-0.39, 0.29) is 83.3 Å². The van der Waals surface area contributed by atoms with Crippen LogP contribution in [0.4, 0.5) is 31.9 Å². The molecule has 1 unspecified atom stereocenters. The predicted octanol–water partition coefficient (Wildman–Crippen LogP) is 4.71. The number of likely N-dealkylation sites (N-methyl/N-ethyl adjacent to an activating group) is 1. The van der Waals surface area contributed by atoms with Crippen LogP contribution in [0.3, 0.4) is 0 Å². The molecule has 2 aromatic carbocycles. The second-order valence-corrected chi connectivity index (χ2v) is 17.5. The molecular formula is C47H50F2N12O6. The van der Waals surface area contributed by atoms with E-state index in [2.05, 4.69) is 30.2 Å². The lowest BCUT2D eigenvalue weighted by Crippen LogP contribution is -2.54. The Labute approximate surface area is 384 Å². The minimum Gasteiger partial charge on any atom is -0.367 e. The molecule has 0 saturated carbocycles. The standard InChI is InChI=1S/C47H50F2N12O6/c1-27(2)60-28(3)52-43-32(48)23-29(24-36(43)60)42-33(49)26-51-47(54-42)53-37-13-11-30(25-50-37)56-15-19-58(20-16-56)39(63)9-6-10-40(64)59-21-17-57(18-22-59)34-8-5-7-31-41(34)46(67)61(44(31)65)35-12-14-38(62)55(4)45(35)66/h5,7-8,11,13,23-27,35H,6,9-10,12,14-22H2,1-4H3,(H,50,51,53,54). The molecule has 1 N–H and O–H groups in total. The highest BCUT2D eigenvalue weighted by Crippen LogP contribution is 2.36. The van der Waals surface area contributed by atoms with Crippen LogP contribution in [0.15, 0.2) is 54.9 Å². The molecule has 9 rings (SSSR count). The topological polar surface area (TPSA) is 190 Å². The molecule has 6 amide bonds. The van der Waals surface area contributed by atoms with Gasteiger partial charge in [0.2, 0.25) is 23.7 Å². The first-order valence-corrected chi connectivity index (χ1v) is 22.5. The largest absolute Gasteiger partial charge is 0.367 e. The third kappa shape index (κ3) is 8.51.